The highest BCUT2D eigenvalue weighted by Crippen LogP contribution is 2.32. The molecule has 0 amide bonds. The first-order chi connectivity index (χ1) is 11.1. The number of hydrogen-bond donors (Lipinski definition) is 2. The predicted octanol–water partition coefficient (Wildman–Crippen LogP) is 4.30. The Balaban J connectivity index is 1.93. The molecule has 0 unspecified atom stereocenters. The quantitative estimate of drug-likeness (QED) is 0.419. The summed E-state index contributed by atoms with van der Waals surface area (Å²) in [6, 6.07) is 9.57. The van der Waals surface area contributed by atoms with Crippen molar-refractivity contribution in [3.63, 3.8) is 0 Å². The number of aliphatic hydroxyl groups is 1. The molecule has 0 aliphatic rings. The van der Waals surface area contributed by atoms with Gasteiger partial charge in [-0.3, -0.25) is 0 Å². The minimum Gasteiger partial charge on any atom is -0.510 e. The molecule has 0 aliphatic heterocycles. The fraction of sp³-hybridized carbons (Fsp3) is 0.188. The zero-order valence-electron chi connectivity index (χ0n) is 12.6. The molecule has 7 heteroatoms. The minimum absolute atomic E-state index is 0.00408. The van der Waals surface area contributed by atoms with E-state index in [0.717, 1.165) is 21.1 Å². The molecule has 0 spiro atoms. The fourth-order valence-corrected chi connectivity index (χ4v) is 4.15. The Morgan fingerprint density at radius 2 is 2.17 bits per heavy atom. The monoisotopic (exact) mass is 342 g/mol. The van der Waals surface area contributed by atoms with E-state index in [2.05, 4.69) is 21.0 Å². The number of nitrogens with zero attached hydrogens (tertiary/aromatic N) is 3. The number of thiazole rings is 1. The number of imidazole rings is 1. The summed E-state index contributed by atoms with van der Waals surface area (Å²) in [5, 5.41) is 21.6. The molecule has 0 aliphatic carbocycles. The van der Waals surface area contributed by atoms with Crippen LogP contribution in [0.15, 0.2) is 39.7 Å². The number of para-hydroxylation sites is 2. The molecule has 0 bridgehead atoms. The third-order valence-corrected chi connectivity index (χ3v) is 5.45. The van der Waals surface area contributed by atoms with Gasteiger partial charge in [0.25, 0.3) is 0 Å². The van der Waals surface area contributed by atoms with Gasteiger partial charge in [0, 0.05) is 11.1 Å². The number of aromatic amines is 1. The Morgan fingerprint density at radius 3 is 2.83 bits per heavy atom. The highest BCUT2D eigenvalue weighted by Gasteiger charge is 2.20. The molecule has 23 heavy (non-hydrogen) atoms. The second kappa shape index (κ2) is 6.44. The normalized spacial score (nSPS) is 13.6. The summed E-state index contributed by atoms with van der Waals surface area (Å²) >= 11 is 2.95. The van der Waals surface area contributed by atoms with Gasteiger partial charge in [0.1, 0.15) is 17.4 Å². The highest BCUT2D eigenvalue weighted by molar-refractivity contribution is 8.01. The number of nitriles is 1. The predicted molar refractivity (Wildman–Crippen MR) is 93.4 cm³/mol. The largest absolute Gasteiger partial charge is 0.510 e. The van der Waals surface area contributed by atoms with E-state index in [1.165, 1.54) is 23.1 Å². The zero-order chi connectivity index (χ0) is 16.4. The van der Waals surface area contributed by atoms with Crippen LogP contribution in [0, 0.1) is 18.3 Å². The summed E-state index contributed by atoms with van der Waals surface area (Å²) in [5.74, 6) is 0.387. The van der Waals surface area contributed by atoms with E-state index in [1.54, 1.807) is 0 Å². The summed E-state index contributed by atoms with van der Waals surface area (Å²) in [6.45, 7) is 3.77. The molecule has 2 N–H and O–H groups in total. The van der Waals surface area contributed by atoms with Gasteiger partial charge < -0.3 is 10.1 Å². The first-order valence-corrected chi connectivity index (χ1v) is 8.71. The van der Waals surface area contributed by atoms with Gasteiger partial charge in [-0.05, 0) is 26.0 Å². The van der Waals surface area contributed by atoms with Crippen molar-refractivity contribution in [1.29, 1.82) is 5.26 Å². The molecule has 0 saturated heterocycles. The van der Waals surface area contributed by atoms with Crippen LogP contribution in [0.1, 0.15) is 18.4 Å². The van der Waals surface area contributed by atoms with E-state index in [-0.39, 0.29) is 16.6 Å². The molecular weight excluding hydrogens is 328 g/mol. The highest BCUT2D eigenvalue weighted by atomic mass is 32.2. The number of aryl methyl sites for hydroxylation is 1. The van der Waals surface area contributed by atoms with E-state index in [0.29, 0.717) is 5.82 Å². The van der Waals surface area contributed by atoms with Gasteiger partial charge >= 0.3 is 0 Å². The van der Waals surface area contributed by atoms with E-state index >= 15 is 0 Å². The van der Waals surface area contributed by atoms with E-state index < -0.39 is 0 Å². The van der Waals surface area contributed by atoms with Crippen LogP contribution >= 0.6 is 23.1 Å². The summed E-state index contributed by atoms with van der Waals surface area (Å²) in [4.78, 5) is 11.8. The topological polar surface area (TPSA) is 85.6 Å². The number of H-pyrrole nitrogens is 1. The maximum absolute atomic E-state index is 10.5. The minimum atomic E-state index is -0.289. The third-order valence-electron chi connectivity index (χ3n) is 3.25. The van der Waals surface area contributed by atoms with Gasteiger partial charge in [-0.25, -0.2) is 9.97 Å². The lowest BCUT2D eigenvalue weighted by Gasteiger charge is -2.09. The molecule has 5 nitrogen and oxygen atoms in total. The lowest BCUT2D eigenvalue weighted by molar-refractivity contribution is 0.402. The van der Waals surface area contributed by atoms with Crippen molar-refractivity contribution >= 4 is 39.7 Å². The molecule has 116 valence electrons. The molecule has 0 radical (unpaired) electrons. The molecule has 0 saturated carbocycles. The number of fused-ring (bicyclic) bond motifs is 1. The third kappa shape index (κ3) is 3.23. The lowest BCUT2D eigenvalue weighted by Crippen LogP contribution is -2.04. The summed E-state index contributed by atoms with van der Waals surface area (Å²) in [5.41, 5.74) is 2.71. The van der Waals surface area contributed by atoms with Crippen LogP contribution in [0.3, 0.4) is 0 Å². The van der Waals surface area contributed by atoms with Gasteiger partial charge in [-0.1, -0.05) is 23.9 Å². The molecule has 0 fully saturated rings. The average Bonchev–Trinajstić information content (AvgIpc) is 3.13. The zero-order valence-corrected chi connectivity index (χ0v) is 14.2. The smallest absolute Gasteiger partial charge is 0.152 e. The van der Waals surface area contributed by atoms with Crippen molar-refractivity contribution in [2.45, 2.75) is 23.4 Å². The van der Waals surface area contributed by atoms with E-state index in [1.807, 2.05) is 43.5 Å². The molecular formula is C16H14N4OS2. The Labute approximate surface area is 141 Å². The number of aromatic nitrogens is 3. The molecule has 3 rings (SSSR count). The summed E-state index contributed by atoms with van der Waals surface area (Å²) in [6.07, 6.45) is 0. The maximum atomic E-state index is 10.5. The summed E-state index contributed by atoms with van der Waals surface area (Å²) < 4.78 is 0.864. The van der Waals surface area contributed by atoms with Crippen molar-refractivity contribution in [3.8, 4) is 6.07 Å². The van der Waals surface area contributed by atoms with Gasteiger partial charge in [-0.15, -0.1) is 11.3 Å². The fourth-order valence-electron chi connectivity index (χ4n) is 2.10. The first-order valence-electron chi connectivity index (χ1n) is 6.95. The van der Waals surface area contributed by atoms with Crippen LogP contribution in [0.25, 0.3) is 16.6 Å². The van der Waals surface area contributed by atoms with E-state index in [9.17, 15) is 10.4 Å². The molecule has 1 atom stereocenters. The Hall–Kier alpha value is -2.30. The van der Waals surface area contributed by atoms with Crippen LogP contribution < -0.4 is 0 Å². The molecule has 2 aromatic heterocycles. The van der Waals surface area contributed by atoms with Crippen molar-refractivity contribution in [2.75, 3.05) is 0 Å². The SMILES string of the molecule is Cc1csc(S[C@H](C)C(O)=C(C#N)c2nc3ccccc3[nH]2)n1. The molecule has 3 aromatic rings. The van der Waals surface area contributed by atoms with Gasteiger partial charge in [0.05, 0.1) is 16.3 Å². The Kier molecular flexibility index (Phi) is 4.37. The van der Waals surface area contributed by atoms with Crippen LogP contribution in [-0.4, -0.2) is 25.3 Å². The number of rotatable bonds is 4. The number of hydrogen-bond acceptors (Lipinski definition) is 6. The van der Waals surface area contributed by atoms with Crippen LogP contribution in [0.5, 0.6) is 0 Å². The Bertz CT molecular complexity index is 886. The lowest BCUT2D eigenvalue weighted by atomic mass is 10.2. The van der Waals surface area contributed by atoms with Crippen LogP contribution in [0.2, 0.25) is 0 Å². The van der Waals surface area contributed by atoms with Gasteiger partial charge in [-0.2, -0.15) is 5.26 Å². The Morgan fingerprint density at radius 1 is 1.39 bits per heavy atom. The number of allylic oxidation sites excluding steroid dienone is 1. The van der Waals surface area contributed by atoms with Crippen molar-refractivity contribution in [1.82, 2.24) is 15.0 Å². The second-order valence-electron chi connectivity index (χ2n) is 4.99. The van der Waals surface area contributed by atoms with Crippen molar-refractivity contribution in [2.24, 2.45) is 0 Å². The van der Waals surface area contributed by atoms with E-state index in [4.69, 9.17) is 0 Å². The van der Waals surface area contributed by atoms with Crippen LogP contribution in [0.4, 0.5) is 0 Å². The number of thioether (sulfide) groups is 1. The number of benzene rings is 1. The van der Waals surface area contributed by atoms with Gasteiger partial charge in [0.2, 0.25) is 0 Å². The van der Waals surface area contributed by atoms with Crippen molar-refractivity contribution in [3.05, 3.63) is 46.9 Å². The standard InChI is InChI=1S/C16H14N4OS2/c1-9-8-22-16(18-9)23-10(2)14(21)11(7-17)15-19-12-5-3-4-6-13(12)20-15/h3-6,8,10,21H,1-2H3,(H,19,20)/t10-/m1/s1. The first kappa shape index (κ1) is 15.6. The number of aliphatic hydroxyl groups excluding tert-OH is 1. The summed E-state index contributed by atoms with van der Waals surface area (Å²) in [7, 11) is 0. The molecule has 2 heterocycles. The molecule has 1 aromatic carbocycles. The van der Waals surface area contributed by atoms with Crippen molar-refractivity contribution < 1.29 is 5.11 Å². The number of nitrogens with one attached hydrogen (secondary N) is 1. The second-order valence-corrected chi connectivity index (χ2v) is 7.44. The average molecular weight is 342 g/mol. The maximum Gasteiger partial charge on any atom is 0.152 e. The van der Waals surface area contributed by atoms with Crippen LogP contribution in [-0.2, 0) is 0 Å². The van der Waals surface area contributed by atoms with Gasteiger partial charge in [0.15, 0.2) is 10.2 Å².